The van der Waals surface area contributed by atoms with Gasteiger partial charge in [-0.2, -0.15) is 0 Å². The van der Waals surface area contributed by atoms with E-state index in [1.807, 2.05) is 24.3 Å². The zero-order chi connectivity index (χ0) is 12.0. The zero-order valence-electron chi connectivity index (χ0n) is 9.37. The molecule has 0 radical (unpaired) electrons. The fourth-order valence-corrected chi connectivity index (χ4v) is 1.35. The van der Waals surface area contributed by atoms with E-state index in [-0.39, 0.29) is 6.03 Å². The van der Waals surface area contributed by atoms with Gasteiger partial charge in [-0.15, -0.1) is 0 Å². The second kappa shape index (κ2) is 6.50. The average molecular weight is 287 g/mol. The number of likely N-dealkylation sites (N-methyl/N-ethyl adjacent to an activating group) is 1. The molecule has 1 rings (SSSR count). The number of rotatable bonds is 4. The highest BCUT2D eigenvalue weighted by Gasteiger charge is 2.07. The number of benzene rings is 1. The quantitative estimate of drug-likeness (QED) is 0.924. The number of carbonyl (C=O) groups is 1. The van der Waals surface area contributed by atoms with Gasteiger partial charge in [0.1, 0.15) is 0 Å². The smallest absolute Gasteiger partial charge is 0.321 e. The Labute approximate surface area is 104 Å². The highest BCUT2D eigenvalue weighted by molar-refractivity contribution is 9.10. The monoisotopic (exact) mass is 286 g/mol. The Bertz CT molecular complexity index is 340. The third-order valence-electron chi connectivity index (χ3n) is 2.07. The minimum Gasteiger partial charge on any atom is -0.383 e. The molecule has 2 amide bonds. The fraction of sp³-hybridized carbons (Fsp3) is 0.364. The van der Waals surface area contributed by atoms with Crippen molar-refractivity contribution in [2.45, 2.75) is 0 Å². The van der Waals surface area contributed by atoms with E-state index in [0.29, 0.717) is 13.2 Å². The molecule has 0 atom stereocenters. The van der Waals surface area contributed by atoms with Crippen LogP contribution in [0, 0.1) is 0 Å². The Morgan fingerprint density at radius 2 is 2.06 bits per heavy atom. The summed E-state index contributed by atoms with van der Waals surface area (Å²) in [4.78, 5) is 13.2. The SMILES string of the molecule is COCCN(C)C(=O)Nc1ccc(Br)cc1. The van der Waals surface area contributed by atoms with Crippen LogP contribution in [0.15, 0.2) is 28.7 Å². The first-order valence-electron chi connectivity index (χ1n) is 4.90. The lowest BCUT2D eigenvalue weighted by atomic mass is 10.3. The second-order valence-corrected chi connectivity index (χ2v) is 4.27. The summed E-state index contributed by atoms with van der Waals surface area (Å²) in [6.07, 6.45) is 0. The Hall–Kier alpha value is -1.07. The van der Waals surface area contributed by atoms with Gasteiger partial charge in [-0.05, 0) is 24.3 Å². The molecule has 0 aliphatic carbocycles. The van der Waals surface area contributed by atoms with Crippen molar-refractivity contribution in [3.63, 3.8) is 0 Å². The number of halogens is 1. The highest BCUT2D eigenvalue weighted by atomic mass is 79.9. The van der Waals surface area contributed by atoms with Crippen LogP contribution in [0.2, 0.25) is 0 Å². The lowest BCUT2D eigenvalue weighted by Crippen LogP contribution is -2.33. The van der Waals surface area contributed by atoms with Gasteiger partial charge in [0.05, 0.1) is 6.61 Å². The molecule has 0 saturated carbocycles. The molecule has 0 saturated heterocycles. The van der Waals surface area contributed by atoms with Crippen LogP contribution in [-0.4, -0.2) is 38.2 Å². The predicted octanol–water partition coefficient (Wildman–Crippen LogP) is 2.56. The van der Waals surface area contributed by atoms with E-state index in [9.17, 15) is 4.79 Å². The van der Waals surface area contributed by atoms with Crippen molar-refractivity contribution in [2.75, 3.05) is 32.6 Å². The summed E-state index contributed by atoms with van der Waals surface area (Å²) in [5, 5.41) is 2.79. The maximum atomic E-state index is 11.7. The molecule has 0 fully saturated rings. The zero-order valence-corrected chi connectivity index (χ0v) is 11.0. The summed E-state index contributed by atoms with van der Waals surface area (Å²) in [7, 11) is 3.34. The Balaban J connectivity index is 2.47. The molecule has 4 nitrogen and oxygen atoms in total. The summed E-state index contributed by atoms with van der Waals surface area (Å²) in [6.45, 7) is 1.10. The molecule has 0 bridgehead atoms. The summed E-state index contributed by atoms with van der Waals surface area (Å²) in [5.41, 5.74) is 0.775. The molecule has 1 aromatic rings. The summed E-state index contributed by atoms with van der Waals surface area (Å²) < 4.78 is 5.89. The third-order valence-corrected chi connectivity index (χ3v) is 2.60. The molecule has 1 aromatic carbocycles. The van der Waals surface area contributed by atoms with Crippen LogP contribution in [0.25, 0.3) is 0 Å². The summed E-state index contributed by atoms with van der Waals surface area (Å²) >= 11 is 3.34. The average Bonchev–Trinajstić information content (AvgIpc) is 2.29. The van der Waals surface area contributed by atoms with E-state index in [0.717, 1.165) is 10.2 Å². The van der Waals surface area contributed by atoms with E-state index in [1.54, 1.807) is 19.1 Å². The number of methoxy groups -OCH3 is 1. The molecule has 5 heteroatoms. The minimum absolute atomic E-state index is 0.139. The molecule has 0 heterocycles. The van der Waals surface area contributed by atoms with Crippen molar-refractivity contribution < 1.29 is 9.53 Å². The number of nitrogens with one attached hydrogen (secondary N) is 1. The van der Waals surface area contributed by atoms with Gasteiger partial charge in [-0.1, -0.05) is 15.9 Å². The van der Waals surface area contributed by atoms with E-state index >= 15 is 0 Å². The van der Waals surface area contributed by atoms with Gasteiger partial charge in [-0.25, -0.2) is 4.79 Å². The number of anilines is 1. The van der Waals surface area contributed by atoms with Gasteiger partial charge in [0.15, 0.2) is 0 Å². The second-order valence-electron chi connectivity index (χ2n) is 3.35. The maximum Gasteiger partial charge on any atom is 0.321 e. The molecule has 0 aliphatic heterocycles. The maximum absolute atomic E-state index is 11.7. The van der Waals surface area contributed by atoms with Crippen molar-refractivity contribution in [1.29, 1.82) is 0 Å². The number of nitrogens with zero attached hydrogens (tertiary/aromatic N) is 1. The molecule has 1 N–H and O–H groups in total. The standard InChI is InChI=1S/C11H15BrN2O2/c1-14(7-8-16-2)11(15)13-10-5-3-9(12)4-6-10/h3-6H,7-8H2,1-2H3,(H,13,15). The lowest BCUT2D eigenvalue weighted by molar-refractivity contribution is 0.165. The van der Waals surface area contributed by atoms with E-state index in [1.165, 1.54) is 0 Å². The fourth-order valence-electron chi connectivity index (χ4n) is 1.08. The van der Waals surface area contributed by atoms with Gasteiger partial charge in [0, 0.05) is 30.9 Å². The molecule has 0 aromatic heterocycles. The third kappa shape index (κ3) is 4.20. The summed E-state index contributed by atoms with van der Waals surface area (Å²) in [6, 6.07) is 7.30. The molecule has 0 spiro atoms. The van der Waals surface area contributed by atoms with Crippen LogP contribution in [0.5, 0.6) is 0 Å². The summed E-state index contributed by atoms with van der Waals surface area (Å²) in [5.74, 6) is 0. The number of hydrogen-bond donors (Lipinski definition) is 1. The molecule has 0 unspecified atom stereocenters. The van der Waals surface area contributed by atoms with E-state index < -0.39 is 0 Å². The van der Waals surface area contributed by atoms with Gasteiger partial charge in [0.2, 0.25) is 0 Å². The van der Waals surface area contributed by atoms with Crippen molar-refractivity contribution in [1.82, 2.24) is 4.90 Å². The van der Waals surface area contributed by atoms with E-state index in [2.05, 4.69) is 21.2 Å². The highest BCUT2D eigenvalue weighted by Crippen LogP contribution is 2.14. The Morgan fingerprint density at radius 1 is 1.44 bits per heavy atom. The predicted molar refractivity (Wildman–Crippen MR) is 67.7 cm³/mol. The molecule has 88 valence electrons. The van der Waals surface area contributed by atoms with Crippen molar-refractivity contribution in [3.05, 3.63) is 28.7 Å². The first-order chi connectivity index (χ1) is 7.63. The molecule has 16 heavy (non-hydrogen) atoms. The number of hydrogen-bond acceptors (Lipinski definition) is 2. The normalized spacial score (nSPS) is 9.94. The first kappa shape index (κ1) is 13.0. The number of amides is 2. The Kier molecular flexibility index (Phi) is 5.28. The number of carbonyl (C=O) groups excluding carboxylic acids is 1. The first-order valence-corrected chi connectivity index (χ1v) is 5.69. The van der Waals surface area contributed by atoms with Gasteiger partial charge in [-0.3, -0.25) is 0 Å². The minimum atomic E-state index is -0.139. The van der Waals surface area contributed by atoms with Crippen LogP contribution >= 0.6 is 15.9 Å². The van der Waals surface area contributed by atoms with Crippen LogP contribution < -0.4 is 5.32 Å². The van der Waals surface area contributed by atoms with Crippen molar-refractivity contribution in [3.8, 4) is 0 Å². The van der Waals surface area contributed by atoms with Gasteiger partial charge >= 0.3 is 6.03 Å². The van der Waals surface area contributed by atoms with E-state index in [4.69, 9.17) is 4.74 Å². The lowest BCUT2D eigenvalue weighted by Gasteiger charge is -2.17. The van der Waals surface area contributed by atoms with Crippen LogP contribution in [0.3, 0.4) is 0 Å². The van der Waals surface area contributed by atoms with Crippen molar-refractivity contribution in [2.24, 2.45) is 0 Å². The number of ether oxygens (including phenoxy) is 1. The molecular weight excluding hydrogens is 272 g/mol. The van der Waals surface area contributed by atoms with Gasteiger partial charge < -0.3 is 15.0 Å². The molecule has 0 aliphatic rings. The number of urea groups is 1. The van der Waals surface area contributed by atoms with Crippen LogP contribution in [0.4, 0.5) is 10.5 Å². The largest absolute Gasteiger partial charge is 0.383 e. The topological polar surface area (TPSA) is 41.6 Å². The van der Waals surface area contributed by atoms with Gasteiger partial charge in [0.25, 0.3) is 0 Å². The Morgan fingerprint density at radius 3 is 2.62 bits per heavy atom. The van der Waals surface area contributed by atoms with Crippen LogP contribution in [-0.2, 0) is 4.74 Å². The van der Waals surface area contributed by atoms with Crippen LogP contribution in [0.1, 0.15) is 0 Å². The van der Waals surface area contributed by atoms with Crippen molar-refractivity contribution >= 4 is 27.6 Å². The molecular formula is C11H15BrN2O2.